The summed E-state index contributed by atoms with van der Waals surface area (Å²) in [7, 11) is -2.22. The van der Waals surface area contributed by atoms with Crippen LogP contribution in [-0.2, 0) is 0 Å². The molecule has 0 spiro atoms. The third-order valence-electron chi connectivity index (χ3n) is 5.77. The number of hydrogen-bond donors (Lipinski definition) is 0. The Kier molecular flexibility index (Phi) is 6.51. The number of anilines is 1. The molecule has 0 amide bonds. The Labute approximate surface area is 216 Å². The standard InChI is InChI=1S/C27H25N2Se.F6P/c1-28(2)20-11-14-22-19(16-20)10-13-24-26(18-8-6-5-7-9-18)23-15-12-21(29(3)4)17-25(23)30-27(22)24;1-7(2,3,4,5)6/h5-17H,1-4H3;/q+1;-1. The van der Waals surface area contributed by atoms with Gasteiger partial charge in [-0.05, 0) is 0 Å². The van der Waals surface area contributed by atoms with Crippen LogP contribution < -0.4 is 14.8 Å². The van der Waals surface area contributed by atoms with Crippen molar-refractivity contribution in [2.24, 2.45) is 0 Å². The summed E-state index contributed by atoms with van der Waals surface area (Å²) in [4.78, 5) is 2.19. The molecule has 5 aromatic rings. The second-order valence-electron chi connectivity index (χ2n) is 9.12. The molecule has 0 bridgehead atoms. The first-order valence-electron chi connectivity index (χ1n) is 11.2. The number of nitrogens with zero attached hydrogens (tertiary/aromatic N) is 2. The fourth-order valence-corrected chi connectivity index (χ4v) is 6.76. The Morgan fingerprint density at radius 1 is 0.703 bits per heavy atom. The predicted octanol–water partition coefficient (Wildman–Crippen LogP) is 8.35. The molecule has 0 aliphatic carbocycles. The van der Waals surface area contributed by atoms with E-state index in [0.717, 1.165) is 0 Å². The number of hydrogen-bond acceptors (Lipinski definition) is 1. The molecule has 0 unspecified atom stereocenters. The van der Waals surface area contributed by atoms with E-state index < -0.39 is 7.81 Å². The quantitative estimate of drug-likeness (QED) is 0.0493. The van der Waals surface area contributed by atoms with Crippen molar-refractivity contribution in [2.75, 3.05) is 33.1 Å². The Morgan fingerprint density at radius 3 is 1.89 bits per heavy atom. The van der Waals surface area contributed by atoms with Gasteiger partial charge in [0.25, 0.3) is 0 Å². The van der Waals surface area contributed by atoms with Crippen LogP contribution in [0.5, 0.6) is 0 Å². The molecule has 0 saturated carbocycles. The van der Waals surface area contributed by atoms with Gasteiger partial charge in [0.15, 0.2) is 0 Å². The van der Waals surface area contributed by atoms with Crippen LogP contribution in [0.2, 0.25) is 0 Å². The predicted molar refractivity (Wildman–Crippen MR) is 146 cm³/mol. The first-order chi connectivity index (χ1) is 17.0. The van der Waals surface area contributed by atoms with E-state index in [4.69, 9.17) is 0 Å². The summed E-state index contributed by atoms with van der Waals surface area (Å²) < 4.78 is 64.3. The van der Waals surface area contributed by atoms with E-state index in [2.05, 4.69) is 117 Å². The molecule has 0 radical (unpaired) electrons. The maximum atomic E-state index is 9.87. The van der Waals surface area contributed by atoms with Gasteiger partial charge < -0.3 is 0 Å². The molecule has 1 aromatic heterocycles. The van der Waals surface area contributed by atoms with E-state index in [9.17, 15) is 25.2 Å². The van der Waals surface area contributed by atoms with Crippen molar-refractivity contribution in [3.8, 4) is 11.1 Å². The first-order valence-corrected chi connectivity index (χ1v) is 14.9. The van der Waals surface area contributed by atoms with Gasteiger partial charge in [0.1, 0.15) is 0 Å². The van der Waals surface area contributed by atoms with Crippen LogP contribution in [0.3, 0.4) is 0 Å². The van der Waals surface area contributed by atoms with Crippen LogP contribution in [0.4, 0.5) is 30.9 Å². The van der Waals surface area contributed by atoms with Crippen molar-refractivity contribution in [3.63, 3.8) is 0 Å². The van der Waals surface area contributed by atoms with Crippen molar-refractivity contribution in [1.82, 2.24) is 4.58 Å². The fourth-order valence-electron chi connectivity index (χ4n) is 4.12. The minimum absolute atomic E-state index is 0.258. The van der Waals surface area contributed by atoms with Crippen LogP contribution in [0.15, 0.2) is 78.9 Å². The van der Waals surface area contributed by atoms with Crippen molar-refractivity contribution < 1.29 is 25.2 Å². The Hall–Kier alpha value is -2.86. The van der Waals surface area contributed by atoms with Crippen LogP contribution in [0.25, 0.3) is 41.2 Å². The molecule has 0 N–H and O–H groups in total. The summed E-state index contributed by atoms with van der Waals surface area (Å²) in [5.74, 6) is 0. The summed E-state index contributed by atoms with van der Waals surface area (Å²) in [6, 6.07) is 29.3. The molecule has 0 fully saturated rings. The Bertz CT molecular complexity index is 1700. The van der Waals surface area contributed by atoms with E-state index in [1.807, 2.05) is 0 Å². The van der Waals surface area contributed by atoms with Gasteiger partial charge in [-0.2, -0.15) is 0 Å². The van der Waals surface area contributed by atoms with Crippen LogP contribution in [-0.4, -0.2) is 42.7 Å². The Morgan fingerprint density at radius 2 is 1.30 bits per heavy atom. The van der Waals surface area contributed by atoms with Gasteiger partial charge in [-0.1, -0.05) is 0 Å². The van der Waals surface area contributed by atoms with Crippen molar-refractivity contribution in [1.29, 1.82) is 0 Å². The zero-order valence-corrected chi connectivity index (χ0v) is 23.1. The molecule has 196 valence electrons. The summed E-state index contributed by atoms with van der Waals surface area (Å²) in [6.07, 6.45) is 0. The van der Waals surface area contributed by atoms with Crippen LogP contribution >= 0.6 is 7.81 Å². The number of halogens is 6. The fraction of sp³-hybridized carbons (Fsp3) is 0.148. The Balaban J connectivity index is 0.000000405. The summed E-state index contributed by atoms with van der Waals surface area (Å²) in [5.41, 5.74) is 3.91. The molecular weight excluding hydrogens is 576 g/mol. The normalized spacial score (nSPS) is 13.6. The molecule has 10 heteroatoms. The third-order valence-corrected chi connectivity index (χ3v) is 8.29. The number of fused-ring (bicyclic) bond motifs is 4. The van der Waals surface area contributed by atoms with Gasteiger partial charge in [-0.15, -0.1) is 0 Å². The molecule has 2 nitrogen and oxygen atoms in total. The average molecular weight is 601 g/mol. The van der Waals surface area contributed by atoms with E-state index in [1.165, 1.54) is 52.2 Å². The van der Waals surface area contributed by atoms with E-state index >= 15 is 0 Å². The third kappa shape index (κ3) is 6.92. The molecule has 37 heavy (non-hydrogen) atoms. The molecule has 4 aromatic carbocycles. The van der Waals surface area contributed by atoms with Gasteiger partial charge >= 0.3 is 216 Å². The zero-order chi connectivity index (χ0) is 27.2. The van der Waals surface area contributed by atoms with Crippen molar-refractivity contribution >= 4 is 58.1 Å². The summed E-state index contributed by atoms with van der Waals surface area (Å²) >= 11 is 0.258. The molecule has 0 aliphatic rings. The SMILES string of the molecule is CN(C)c1ccc2c(-c3ccccc3)c3ccc4cc(=[N+](C)C)ccc4c3[se]c2c1.F[P-](F)(F)(F)(F)F. The molecule has 5 rings (SSSR count). The average Bonchev–Trinajstić information content (AvgIpc) is 2.80. The van der Waals surface area contributed by atoms with Crippen molar-refractivity contribution in [3.05, 3.63) is 84.2 Å². The van der Waals surface area contributed by atoms with E-state index in [0.29, 0.717) is 0 Å². The number of benzene rings is 4. The topological polar surface area (TPSA) is 6.25 Å². The van der Waals surface area contributed by atoms with E-state index in [1.54, 1.807) is 0 Å². The zero-order valence-electron chi connectivity index (χ0n) is 20.5. The molecular formula is C27H25F6N2PSe. The molecule has 0 atom stereocenters. The molecule has 1 heterocycles. The van der Waals surface area contributed by atoms with Gasteiger partial charge in [0.2, 0.25) is 0 Å². The van der Waals surface area contributed by atoms with Gasteiger partial charge in [0.05, 0.1) is 0 Å². The first kappa shape index (κ1) is 27.2. The van der Waals surface area contributed by atoms with Crippen LogP contribution in [0, 0.1) is 0 Å². The second-order valence-corrected chi connectivity index (χ2v) is 13.2. The minimum atomic E-state index is -10.7. The second kappa shape index (κ2) is 8.87. The van der Waals surface area contributed by atoms with Gasteiger partial charge in [-0.3, -0.25) is 0 Å². The van der Waals surface area contributed by atoms with Crippen molar-refractivity contribution in [2.45, 2.75) is 0 Å². The monoisotopic (exact) mass is 602 g/mol. The molecule has 0 aliphatic heterocycles. The maximum absolute atomic E-state index is 10.7. The van der Waals surface area contributed by atoms with Crippen LogP contribution in [0.1, 0.15) is 0 Å². The number of rotatable bonds is 2. The molecule has 0 saturated heterocycles. The van der Waals surface area contributed by atoms with Gasteiger partial charge in [0, 0.05) is 0 Å². The summed E-state index contributed by atoms with van der Waals surface area (Å²) in [6.45, 7) is 0. The van der Waals surface area contributed by atoms with Gasteiger partial charge in [-0.25, -0.2) is 0 Å². The van der Waals surface area contributed by atoms with E-state index in [-0.39, 0.29) is 14.5 Å². The summed E-state index contributed by atoms with van der Waals surface area (Å²) in [5, 5.41) is 6.71.